The number of hydrogen-bond donors (Lipinski definition) is 0. The second-order valence-corrected chi connectivity index (χ2v) is 3.27. The second kappa shape index (κ2) is 3.13. The Morgan fingerprint density at radius 1 is 1.31 bits per heavy atom. The van der Waals surface area contributed by atoms with Gasteiger partial charge in [-0.2, -0.15) is 0 Å². The molecule has 0 aromatic heterocycles. The first-order valence-electron chi connectivity index (χ1n) is 4.39. The van der Waals surface area contributed by atoms with E-state index in [1.54, 1.807) is 6.92 Å². The smallest absolute Gasteiger partial charge is 0.177 e. The van der Waals surface area contributed by atoms with Gasteiger partial charge in [-0.3, -0.25) is 9.79 Å². The van der Waals surface area contributed by atoms with E-state index in [9.17, 15) is 4.79 Å². The maximum atomic E-state index is 11.0. The Kier molecular flexibility index (Phi) is 1.97. The van der Waals surface area contributed by atoms with Gasteiger partial charge in [0.05, 0.1) is 6.04 Å². The SMILES string of the molecule is CC(=O)C1=NC2C=CC=CC2C=C1. The zero-order chi connectivity index (χ0) is 9.26. The van der Waals surface area contributed by atoms with E-state index in [1.165, 1.54) is 0 Å². The third-order valence-corrected chi connectivity index (χ3v) is 2.27. The van der Waals surface area contributed by atoms with E-state index in [2.05, 4.69) is 11.1 Å². The molecule has 2 nitrogen and oxygen atoms in total. The molecule has 0 saturated heterocycles. The Balaban J connectivity index is 2.27. The average molecular weight is 173 g/mol. The van der Waals surface area contributed by atoms with Gasteiger partial charge >= 0.3 is 0 Å². The van der Waals surface area contributed by atoms with Crippen molar-refractivity contribution in [2.75, 3.05) is 0 Å². The summed E-state index contributed by atoms with van der Waals surface area (Å²) in [6.45, 7) is 1.55. The maximum Gasteiger partial charge on any atom is 0.177 e. The molecule has 0 amide bonds. The average Bonchev–Trinajstić information content (AvgIpc) is 2.17. The van der Waals surface area contributed by atoms with Crippen molar-refractivity contribution in [1.29, 1.82) is 0 Å². The Hall–Kier alpha value is -1.44. The topological polar surface area (TPSA) is 29.4 Å². The normalized spacial score (nSPS) is 29.8. The van der Waals surface area contributed by atoms with Gasteiger partial charge in [-0.1, -0.05) is 30.4 Å². The Morgan fingerprint density at radius 3 is 2.85 bits per heavy atom. The molecule has 0 spiro atoms. The predicted molar refractivity (Wildman–Crippen MR) is 52.8 cm³/mol. The van der Waals surface area contributed by atoms with Gasteiger partial charge in [-0.15, -0.1) is 0 Å². The molecule has 0 N–H and O–H groups in total. The molecule has 1 heterocycles. The van der Waals surface area contributed by atoms with E-state index in [0.717, 1.165) is 0 Å². The number of fused-ring (bicyclic) bond motifs is 1. The molecule has 2 rings (SSSR count). The molecule has 1 aliphatic heterocycles. The van der Waals surface area contributed by atoms with E-state index < -0.39 is 0 Å². The lowest BCUT2D eigenvalue weighted by molar-refractivity contribution is -0.111. The molecule has 2 atom stereocenters. The van der Waals surface area contributed by atoms with E-state index in [1.807, 2.05) is 30.4 Å². The quantitative estimate of drug-likeness (QED) is 0.593. The van der Waals surface area contributed by atoms with Gasteiger partial charge in [-0.25, -0.2) is 0 Å². The van der Waals surface area contributed by atoms with E-state index >= 15 is 0 Å². The summed E-state index contributed by atoms with van der Waals surface area (Å²) in [5.74, 6) is 0.380. The number of aliphatic imine (C=N–C) groups is 1. The molecule has 2 aliphatic rings. The minimum absolute atomic E-state index is 0.0395. The fourth-order valence-electron chi connectivity index (χ4n) is 1.53. The van der Waals surface area contributed by atoms with Crippen LogP contribution in [0.4, 0.5) is 0 Å². The highest BCUT2D eigenvalue weighted by molar-refractivity contribution is 6.43. The lowest BCUT2D eigenvalue weighted by atomic mass is 9.92. The van der Waals surface area contributed by atoms with Gasteiger partial charge in [0.25, 0.3) is 0 Å². The van der Waals surface area contributed by atoms with Crippen LogP contribution in [0.3, 0.4) is 0 Å². The molecule has 66 valence electrons. The number of hydrogen-bond acceptors (Lipinski definition) is 2. The first-order chi connectivity index (χ1) is 6.27. The number of dihydropyridines is 1. The highest BCUT2D eigenvalue weighted by Crippen LogP contribution is 2.21. The van der Waals surface area contributed by atoms with Gasteiger partial charge in [0.15, 0.2) is 5.78 Å². The third-order valence-electron chi connectivity index (χ3n) is 2.27. The molecule has 1 aliphatic carbocycles. The van der Waals surface area contributed by atoms with Crippen molar-refractivity contribution < 1.29 is 4.79 Å². The summed E-state index contributed by atoms with van der Waals surface area (Å²) >= 11 is 0. The van der Waals surface area contributed by atoms with Crippen molar-refractivity contribution in [1.82, 2.24) is 0 Å². The molecule has 2 unspecified atom stereocenters. The summed E-state index contributed by atoms with van der Waals surface area (Å²) in [6, 6.07) is 0.133. The lowest BCUT2D eigenvalue weighted by Gasteiger charge is -2.21. The number of nitrogens with zero attached hydrogens (tertiary/aromatic N) is 1. The number of carbonyl (C=O) groups is 1. The molecule has 0 bridgehead atoms. The Labute approximate surface area is 77.4 Å². The number of ketones is 1. The van der Waals surface area contributed by atoms with Crippen molar-refractivity contribution in [2.24, 2.45) is 10.9 Å². The molecule has 0 fully saturated rings. The number of rotatable bonds is 1. The van der Waals surface area contributed by atoms with Crippen molar-refractivity contribution in [3.05, 3.63) is 36.5 Å². The fourth-order valence-corrected chi connectivity index (χ4v) is 1.53. The van der Waals surface area contributed by atoms with Gasteiger partial charge in [-0.05, 0) is 6.08 Å². The van der Waals surface area contributed by atoms with Crippen molar-refractivity contribution in [2.45, 2.75) is 13.0 Å². The molecule has 0 radical (unpaired) electrons. The predicted octanol–water partition coefficient (Wildman–Crippen LogP) is 1.70. The van der Waals surface area contributed by atoms with Crippen LogP contribution in [0.1, 0.15) is 6.92 Å². The monoisotopic (exact) mass is 173 g/mol. The van der Waals surface area contributed by atoms with Crippen LogP contribution in [0, 0.1) is 5.92 Å². The standard InChI is InChI=1S/C11H11NO/c1-8(13)10-7-6-9-4-2-3-5-11(9)12-10/h2-7,9,11H,1H3. The number of Topliss-reactive ketones (excluding diaryl/α,β-unsaturated/α-hetero) is 1. The molecular weight excluding hydrogens is 162 g/mol. The van der Waals surface area contributed by atoms with E-state index in [0.29, 0.717) is 11.6 Å². The first kappa shape index (κ1) is 8.17. The summed E-state index contributed by atoms with van der Waals surface area (Å²) in [6.07, 6.45) is 12.0. The van der Waals surface area contributed by atoms with Gasteiger partial charge in [0.2, 0.25) is 0 Å². The van der Waals surface area contributed by atoms with Crippen LogP contribution >= 0.6 is 0 Å². The fraction of sp³-hybridized carbons (Fsp3) is 0.273. The maximum absolute atomic E-state index is 11.0. The van der Waals surface area contributed by atoms with Crippen molar-refractivity contribution >= 4 is 11.5 Å². The first-order valence-corrected chi connectivity index (χ1v) is 4.39. The molecule has 13 heavy (non-hydrogen) atoms. The van der Waals surface area contributed by atoms with Crippen LogP contribution in [0.2, 0.25) is 0 Å². The van der Waals surface area contributed by atoms with Crippen LogP contribution in [-0.4, -0.2) is 17.5 Å². The summed E-state index contributed by atoms with van der Waals surface area (Å²) in [5, 5.41) is 0. The Bertz CT molecular complexity index is 347. The molecule has 0 aromatic rings. The Morgan fingerprint density at radius 2 is 2.08 bits per heavy atom. The second-order valence-electron chi connectivity index (χ2n) is 3.27. The van der Waals surface area contributed by atoms with Crippen molar-refractivity contribution in [3.8, 4) is 0 Å². The van der Waals surface area contributed by atoms with Crippen LogP contribution in [0.5, 0.6) is 0 Å². The highest BCUT2D eigenvalue weighted by Gasteiger charge is 2.20. The van der Waals surface area contributed by atoms with Crippen molar-refractivity contribution in [3.63, 3.8) is 0 Å². The van der Waals surface area contributed by atoms with Crippen LogP contribution in [0.15, 0.2) is 41.4 Å². The summed E-state index contributed by atoms with van der Waals surface area (Å²) < 4.78 is 0. The van der Waals surface area contributed by atoms with Gasteiger partial charge in [0.1, 0.15) is 5.71 Å². The zero-order valence-electron chi connectivity index (χ0n) is 7.47. The minimum Gasteiger partial charge on any atom is -0.293 e. The van der Waals surface area contributed by atoms with Crippen LogP contribution in [0.25, 0.3) is 0 Å². The number of carbonyl (C=O) groups excluding carboxylic acids is 1. The molecular formula is C11H11NO. The van der Waals surface area contributed by atoms with Crippen LogP contribution in [-0.2, 0) is 4.79 Å². The van der Waals surface area contributed by atoms with Gasteiger partial charge < -0.3 is 0 Å². The lowest BCUT2D eigenvalue weighted by Crippen LogP contribution is -2.23. The summed E-state index contributed by atoms with van der Waals surface area (Å²) in [4.78, 5) is 15.4. The number of allylic oxidation sites excluding steroid dienone is 3. The van der Waals surface area contributed by atoms with E-state index in [-0.39, 0.29) is 11.8 Å². The van der Waals surface area contributed by atoms with Crippen LogP contribution < -0.4 is 0 Å². The molecule has 2 heteroatoms. The molecule has 0 aromatic carbocycles. The highest BCUT2D eigenvalue weighted by atomic mass is 16.1. The largest absolute Gasteiger partial charge is 0.293 e. The minimum atomic E-state index is 0.0395. The summed E-state index contributed by atoms with van der Waals surface area (Å²) in [5.41, 5.74) is 0.584. The van der Waals surface area contributed by atoms with Gasteiger partial charge in [0, 0.05) is 12.8 Å². The van der Waals surface area contributed by atoms with E-state index in [4.69, 9.17) is 0 Å². The zero-order valence-corrected chi connectivity index (χ0v) is 7.47. The molecule has 0 saturated carbocycles. The summed E-state index contributed by atoms with van der Waals surface area (Å²) in [7, 11) is 0. The third kappa shape index (κ3) is 1.52.